The smallest absolute Gasteiger partial charge is 0.258 e. The number of hydrogen-bond acceptors (Lipinski definition) is 4. The molecule has 1 fully saturated rings. The number of hydrogen-bond donors (Lipinski definition) is 0. The Hall–Kier alpha value is -1.54. The molecule has 1 unspecified atom stereocenters. The van der Waals surface area contributed by atoms with E-state index in [2.05, 4.69) is 0 Å². The van der Waals surface area contributed by atoms with Gasteiger partial charge in [0.15, 0.2) is 4.90 Å². The molecule has 0 amide bonds. The zero-order valence-corrected chi connectivity index (χ0v) is 12.5. The van der Waals surface area contributed by atoms with Crippen LogP contribution >= 0.6 is 0 Å². The molecule has 1 heterocycles. The normalized spacial score (nSPS) is 20.4. The highest BCUT2D eigenvalue weighted by Gasteiger charge is 2.36. The number of nitro benzene ring substituents is 1. The van der Waals surface area contributed by atoms with E-state index in [4.69, 9.17) is 0 Å². The topological polar surface area (TPSA) is 80.5 Å². The number of piperidine rings is 1. The molecule has 2 rings (SSSR count). The number of benzene rings is 1. The zero-order chi connectivity index (χ0) is 15.6. The first-order valence-electron chi connectivity index (χ1n) is 6.81. The van der Waals surface area contributed by atoms with Crippen molar-refractivity contribution in [1.29, 1.82) is 0 Å². The van der Waals surface area contributed by atoms with Crippen molar-refractivity contribution in [3.63, 3.8) is 0 Å². The van der Waals surface area contributed by atoms with Gasteiger partial charge in [-0.3, -0.25) is 10.1 Å². The Labute approximate surface area is 122 Å². The molecule has 0 bridgehead atoms. The molecular weight excluding hydrogens is 299 g/mol. The van der Waals surface area contributed by atoms with E-state index < -0.39 is 31.3 Å². The van der Waals surface area contributed by atoms with Gasteiger partial charge in [0.2, 0.25) is 15.8 Å². The molecule has 21 heavy (non-hydrogen) atoms. The Bertz CT molecular complexity index is 648. The molecule has 0 aliphatic carbocycles. The highest BCUT2D eigenvalue weighted by atomic mass is 32.2. The number of rotatable bonds is 4. The van der Waals surface area contributed by atoms with Crippen LogP contribution in [0, 0.1) is 21.8 Å². The SMILES string of the molecule is CCC1CCCN(S(=O)(=O)c2cccc(F)c2[N+](=O)[O-])C1. The Balaban J connectivity index is 2.45. The fraction of sp³-hybridized carbons (Fsp3) is 0.538. The number of nitro groups is 1. The number of nitrogens with zero attached hydrogens (tertiary/aromatic N) is 2. The average Bonchev–Trinajstić information content (AvgIpc) is 2.46. The molecule has 6 nitrogen and oxygen atoms in total. The molecule has 1 aromatic carbocycles. The van der Waals surface area contributed by atoms with E-state index in [-0.39, 0.29) is 5.92 Å². The first kappa shape index (κ1) is 15.8. The van der Waals surface area contributed by atoms with Crippen molar-refractivity contribution >= 4 is 15.7 Å². The molecule has 0 spiro atoms. The van der Waals surface area contributed by atoms with Gasteiger partial charge in [-0.25, -0.2) is 8.42 Å². The Morgan fingerprint density at radius 2 is 2.19 bits per heavy atom. The molecular formula is C13H17FN2O4S. The van der Waals surface area contributed by atoms with Crippen LogP contribution in [0.5, 0.6) is 0 Å². The van der Waals surface area contributed by atoms with Crippen LogP contribution in [0.3, 0.4) is 0 Å². The molecule has 1 aliphatic heterocycles. The third-order valence-corrected chi connectivity index (χ3v) is 5.71. The van der Waals surface area contributed by atoms with Crippen LogP contribution in [0.25, 0.3) is 0 Å². The summed E-state index contributed by atoms with van der Waals surface area (Å²) in [6, 6.07) is 3.16. The second kappa shape index (κ2) is 6.07. The fourth-order valence-electron chi connectivity index (χ4n) is 2.60. The van der Waals surface area contributed by atoms with Crippen LogP contribution in [0.2, 0.25) is 0 Å². The minimum Gasteiger partial charge on any atom is -0.258 e. The van der Waals surface area contributed by atoms with Gasteiger partial charge in [-0.1, -0.05) is 19.4 Å². The molecule has 8 heteroatoms. The largest absolute Gasteiger partial charge is 0.324 e. The summed E-state index contributed by atoms with van der Waals surface area (Å²) in [7, 11) is -4.05. The van der Waals surface area contributed by atoms with Gasteiger partial charge in [-0.2, -0.15) is 8.70 Å². The maximum absolute atomic E-state index is 13.6. The summed E-state index contributed by atoms with van der Waals surface area (Å²) in [4.78, 5) is 9.43. The number of para-hydroxylation sites is 1. The van der Waals surface area contributed by atoms with E-state index in [9.17, 15) is 22.9 Å². The molecule has 0 aromatic heterocycles. The van der Waals surface area contributed by atoms with E-state index in [1.165, 1.54) is 10.4 Å². The van der Waals surface area contributed by atoms with Crippen LogP contribution in [-0.4, -0.2) is 30.7 Å². The second-order valence-electron chi connectivity index (χ2n) is 5.12. The zero-order valence-electron chi connectivity index (χ0n) is 11.7. The van der Waals surface area contributed by atoms with Gasteiger partial charge >= 0.3 is 5.69 Å². The maximum Gasteiger partial charge on any atom is 0.324 e. The summed E-state index contributed by atoms with van der Waals surface area (Å²) in [5, 5.41) is 11.0. The third kappa shape index (κ3) is 3.06. The Morgan fingerprint density at radius 1 is 1.48 bits per heavy atom. The fourth-order valence-corrected chi connectivity index (χ4v) is 4.32. The van der Waals surface area contributed by atoms with Gasteiger partial charge < -0.3 is 0 Å². The van der Waals surface area contributed by atoms with Gasteiger partial charge in [-0.05, 0) is 30.9 Å². The highest BCUT2D eigenvalue weighted by molar-refractivity contribution is 7.89. The van der Waals surface area contributed by atoms with Crippen LogP contribution in [0.1, 0.15) is 26.2 Å². The molecule has 1 saturated heterocycles. The molecule has 1 aromatic rings. The van der Waals surface area contributed by atoms with E-state index >= 15 is 0 Å². The lowest BCUT2D eigenvalue weighted by molar-refractivity contribution is -0.390. The summed E-state index contributed by atoms with van der Waals surface area (Å²) < 4.78 is 40.0. The van der Waals surface area contributed by atoms with Crippen LogP contribution in [0.15, 0.2) is 23.1 Å². The van der Waals surface area contributed by atoms with Gasteiger partial charge in [-0.15, -0.1) is 0 Å². The Kier molecular flexibility index (Phi) is 4.58. The highest BCUT2D eigenvalue weighted by Crippen LogP contribution is 2.31. The van der Waals surface area contributed by atoms with Crippen molar-refractivity contribution in [3.05, 3.63) is 34.1 Å². The monoisotopic (exact) mass is 316 g/mol. The van der Waals surface area contributed by atoms with Gasteiger partial charge in [0.1, 0.15) is 0 Å². The standard InChI is InChI=1S/C13H17FN2O4S/c1-2-10-5-4-8-15(9-10)21(19,20)12-7-3-6-11(14)13(12)16(17)18/h3,6-7,10H,2,4-5,8-9H2,1H3. The van der Waals surface area contributed by atoms with Gasteiger partial charge in [0, 0.05) is 13.1 Å². The summed E-state index contributed by atoms with van der Waals surface area (Å²) >= 11 is 0. The first-order chi connectivity index (χ1) is 9.87. The van der Waals surface area contributed by atoms with E-state index in [0.717, 1.165) is 25.0 Å². The average molecular weight is 316 g/mol. The van der Waals surface area contributed by atoms with E-state index in [1.54, 1.807) is 0 Å². The molecule has 1 atom stereocenters. The minimum absolute atomic E-state index is 0.237. The summed E-state index contributed by atoms with van der Waals surface area (Å²) in [6.45, 7) is 2.62. The second-order valence-corrected chi connectivity index (χ2v) is 7.03. The maximum atomic E-state index is 13.6. The number of sulfonamides is 1. The van der Waals surface area contributed by atoms with Crippen LogP contribution in [0.4, 0.5) is 10.1 Å². The summed E-state index contributed by atoms with van der Waals surface area (Å²) in [5.74, 6) is -0.897. The van der Waals surface area contributed by atoms with Crippen LogP contribution in [-0.2, 0) is 10.0 Å². The van der Waals surface area contributed by atoms with Crippen molar-refractivity contribution < 1.29 is 17.7 Å². The van der Waals surface area contributed by atoms with Crippen molar-refractivity contribution in [3.8, 4) is 0 Å². The lowest BCUT2D eigenvalue weighted by atomic mass is 9.97. The van der Waals surface area contributed by atoms with Gasteiger partial charge in [0.25, 0.3) is 0 Å². The lowest BCUT2D eigenvalue weighted by Gasteiger charge is -2.31. The van der Waals surface area contributed by atoms with Crippen molar-refractivity contribution in [2.45, 2.75) is 31.1 Å². The lowest BCUT2D eigenvalue weighted by Crippen LogP contribution is -2.39. The summed E-state index contributed by atoms with van der Waals surface area (Å²) in [5.41, 5.74) is -0.976. The van der Waals surface area contributed by atoms with E-state index in [0.29, 0.717) is 19.5 Å². The quantitative estimate of drug-likeness (QED) is 0.631. The van der Waals surface area contributed by atoms with Crippen molar-refractivity contribution in [1.82, 2.24) is 4.31 Å². The minimum atomic E-state index is -4.05. The summed E-state index contributed by atoms with van der Waals surface area (Å²) in [6.07, 6.45) is 2.49. The predicted octanol–water partition coefficient (Wildman–Crippen LogP) is 2.54. The van der Waals surface area contributed by atoms with Crippen LogP contribution < -0.4 is 0 Å². The first-order valence-corrected chi connectivity index (χ1v) is 8.25. The number of halogens is 1. The third-order valence-electron chi connectivity index (χ3n) is 3.81. The molecule has 0 radical (unpaired) electrons. The molecule has 1 aliphatic rings. The van der Waals surface area contributed by atoms with Gasteiger partial charge in [0.05, 0.1) is 4.92 Å². The predicted molar refractivity (Wildman–Crippen MR) is 74.8 cm³/mol. The van der Waals surface area contributed by atoms with E-state index in [1.807, 2.05) is 6.92 Å². The molecule has 116 valence electrons. The molecule has 0 N–H and O–H groups in total. The Morgan fingerprint density at radius 3 is 2.81 bits per heavy atom. The van der Waals surface area contributed by atoms with Crippen molar-refractivity contribution in [2.24, 2.45) is 5.92 Å². The van der Waals surface area contributed by atoms with Crippen molar-refractivity contribution in [2.75, 3.05) is 13.1 Å². The molecule has 0 saturated carbocycles.